The van der Waals surface area contributed by atoms with Crippen LogP contribution < -0.4 is 9.64 Å². The standard InChI is InChI=1S/C31H30F2N6O2S/c1-19(32)30(40)39-14-13-38(16-21(39)10-11-34)29-25-9-8-20(23-6-3-7-24-26(33)18-42-28(23)24)15-27(25)35-31(36-29)41-17-22-5-4-12-37(22)2/h3,6-9,15,18,21-22H,1,4-5,10,12-14,16-17H2,2H3/t21-,22-/m0/s1. The van der Waals surface area contributed by atoms with Gasteiger partial charge in [0.2, 0.25) is 0 Å². The molecule has 2 fully saturated rings. The zero-order chi connectivity index (χ0) is 29.4. The van der Waals surface area contributed by atoms with E-state index in [1.54, 1.807) is 6.07 Å². The number of likely N-dealkylation sites (tertiary alicyclic amines) is 1. The molecular formula is C31H30F2N6O2S. The molecule has 2 aromatic heterocycles. The molecule has 11 heteroatoms. The summed E-state index contributed by atoms with van der Waals surface area (Å²) in [6.45, 7) is 5.51. The van der Waals surface area contributed by atoms with E-state index in [0.717, 1.165) is 40.6 Å². The SMILES string of the molecule is C=C(F)C(=O)N1CCN(c2nc(OC[C@@H]3CCCN3C)nc3cc(-c4cccc5c(F)csc45)ccc23)C[C@@H]1CC#N. The van der Waals surface area contributed by atoms with E-state index in [9.17, 15) is 18.8 Å². The fourth-order valence-corrected chi connectivity index (χ4v) is 6.88. The number of likely N-dealkylation sites (N-methyl/N-ethyl adjacent to an activating group) is 1. The minimum Gasteiger partial charge on any atom is -0.462 e. The number of ether oxygens (including phenoxy) is 1. The zero-order valence-corrected chi connectivity index (χ0v) is 24.0. The lowest BCUT2D eigenvalue weighted by Gasteiger charge is -2.41. The fraction of sp³-hybridized carbons (Fsp3) is 0.355. The Morgan fingerprint density at radius 3 is 2.81 bits per heavy atom. The van der Waals surface area contributed by atoms with Crippen LogP contribution in [0.2, 0.25) is 0 Å². The summed E-state index contributed by atoms with van der Waals surface area (Å²) in [6.07, 6.45) is 2.19. The predicted molar refractivity (Wildman–Crippen MR) is 160 cm³/mol. The van der Waals surface area contributed by atoms with Crippen molar-refractivity contribution in [3.8, 4) is 23.2 Å². The van der Waals surface area contributed by atoms with Gasteiger partial charge < -0.3 is 19.4 Å². The average molecular weight is 589 g/mol. The van der Waals surface area contributed by atoms with E-state index >= 15 is 0 Å². The third-order valence-corrected chi connectivity index (χ3v) is 9.20. The molecule has 0 N–H and O–H groups in total. The van der Waals surface area contributed by atoms with Crippen molar-refractivity contribution in [2.24, 2.45) is 0 Å². The number of nitrogens with zero attached hydrogens (tertiary/aromatic N) is 6. The Hall–Kier alpha value is -4.14. The number of thiophene rings is 1. The van der Waals surface area contributed by atoms with Gasteiger partial charge in [-0.25, -0.2) is 8.78 Å². The third-order valence-electron chi connectivity index (χ3n) is 8.20. The number of hydrogen-bond acceptors (Lipinski definition) is 8. The van der Waals surface area contributed by atoms with E-state index in [4.69, 9.17) is 14.7 Å². The van der Waals surface area contributed by atoms with Gasteiger partial charge >= 0.3 is 6.01 Å². The molecule has 216 valence electrons. The van der Waals surface area contributed by atoms with Gasteiger partial charge in [0, 0.05) is 46.5 Å². The normalized spacial score (nSPS) is 19.4. The summed E-state index contributed by atoms with van der Waals surface area (Å²) in [5, 5.41) is 12.3. The van der Waals surface area contributed by atoms with Gasteiger partial charge in [-0.2, -0.15) is 15.2 Å². The van der Waals surface area contributed by atoms with Crippen molar-refractivity contribution < 1.29 is 18.3 Å². The first-order chi connectivity index (χ1) is 20.3. The van der Waals surface area contributed by atoms with Crippen molar-refractivity contribution in [1.82, 2.24) is 19.8 Å². The molecular weight excluding hydrogens is 558 g/mol. The Labute approximate surface area is 246 Å². The second-order valence-corrected chi connectivity index (χ2v) is 11.7. The molecule has 4 heterocycles. The fourth-order valence-electron chi connectivity index (χ4n) is 5.93. The zero-order valence-electron chi connectivity index (χ0n) is 23.2. The number of rotatable bonds is 7. The summed E-state index contributed by atoms with van der Waals surface area (Å²) in [6, 6.07) is 13.6. The van der Waals surface area contributed by atoms with Crippen LogP contribution in [0.4, 0.5) is 14.6 Å². The molecule has 2 aromatic carbocycles. The van der Waals surface area contributed by atoms with Crippen molar-refractivity contribution >= 4 is 44.1 Å². The van der Waals surface area contributed by atoms with Crippen LogP contribution in [0.1, 0.15) is 19.3 Å². The molecule has 0 unspecified atom stereocenters. The highest BCUT2D eigenvalue weighted by Crippen LogP contribution is 2.37. The summed E-state index contributed by atoms with van der Waals surface area (Å²) < 4.78 is 35.1. The number of benzene rings is 2. The molecule has 6 rings (SSSR count). The first-order valence-corrected chi connectivity index (χ1v) is 14.8. The molecule has 0 bridgehead atoms. The molecule has 8 nitrogen and oxygen atoms in total. The first-order valence-electron chi connectivity index (χ1n) is 13.9. The molecule has 0 saturated carbocycles. The van der Waals surface area contributed by atoms with Crippen molar-refractivity contribution in [3.05, 3.63) is 60.0 Å². The topological polar surface area (TPSA) is 85.6 Å². The van der Waals surface area contributed by atoms with Crippen molar-refractivity contribution in [2.75, 3.05) is 44.7 Å². The number of nitriles is 1. The molecule has 2 aliphatic heterocycles. The van der Waals surface area contributed by atoms with Gasteiger partial charge in [-0.15, -0.1) is 11.3 Å². The van der Waals surface area contributed by atoms with Crippen molar-refractivity contribution in [1.29, 1.82) is 5.26 Å². The largest absolute Gasteiger partial charge is 0.462 e. The number of halogens is 2. The summed E-state index contributed by atoms with van der Waals surface area (Å²) in [5.41, 5.74) is 2.46. The monoisotopic (exact) mass is 588 g/mol. The third kappa shape index (κ3) is 5.28. The summed E-state index contributed by atoms with van der Waals surface area (Å²) >= 11 is 1.36. The van der Waals surface area contributed by atoms with Gasteiger partial charge in [0.25, 0.3) is 5.91 Å². The van der Waals surface area contributed by atoms with Crippen LogP contribution >= 0.6 is 11.3 Å². The summed E-state index contributed by atoms with van der Waals surface area (Å²) in [5.74, 6) is -1.46. The van der Waals surface area contributed by atoms with Crippen LogP contribution in [0.5, 0.6) is 6.01 Å². The van der Waals surface area contributed by atoms with Gasteiger partial charge in [0.05, 0.1) is 24.0 Å². The molecule has 4 aromatic rings. The summed E-state index contributed by atoms with van der Waals surface area (Å²) in [7, 11) is 2.08. The second-order valence-electron chi connectivity index (χ2n) is 10.8. The number of amides is 1. The molecule has 0 radical (unpaired) electrons. The Bertz CT molecular complexity index is 1720. The average Bonchev–Trinajstić information content (AvgIpc) is 3.59. The predicted octanol–water partition coefficient (Wildman–Crippen LogP) is 5.54. The quantitative estimate of drug-likeness (QED) is 0.262. The van der Waals surface area contributed by atoms with Gasteiger partial charge in [-0.05, 0) is 49.7 Å². The minimum atomic E-state index is -1.04. The highest BCUT2D eigenvalue weighted by molar-refractivity contribution is 7.17. The van der Waals surface area contributed by atoms with Crippen LogP contribution in [-0.2, 0) is 4.79 Å². The van der Waals surface area contributed by atoms with E-state index in [1.165, 1.54) is 21.6 Å². The van der Waals surface area contributed by atoms with Crippen LogP contribution in [0.3, 0.4) is 0 Å². The van der Waals surface area contributed by atoms with E-state index < -0.39 is 17.8 Å². The highest BCUT2D eigenvalue weighted by atomic mass is 32.1. The number of hydrogen-bond donors (Lipinski definition) is 0. The molecule has 2 aliphatic rings. The van der Waals surface area contributed by atoms with Crippen LogP contribution in [0, 0.1) is 17.1 Å². The van der Waals surface area contributed by atoms with Crippen molar-refractivity contribution in [2.45, 2.75) is 31.3 Å². The Kier molecular flexibility index (Phi) is 7.75. The van der Waals surface area contributed by atoms with Crippen LogP contribution in [0.15, 0.2) is 54.2 Å². The molecule has 0 spiro atoms. The number of piperazine rings is 1. The van der Waals surface area contributed by atoms with E-state index in [2.05, 4.69) is 24.6 Å². The van der Waals surface area contributed by atoms with Gasteiger partial charge in [-0.1, -0.05) is 30.8 Å². The minimum absolute atomic E-state index is 0.0431. The maximum absolute atomic E-state index is 14.3. The maximum Gasteiger partial charge on any atom is 0.319 e. The number of carbonyl (C=O) groups is 1. The lowest BCUT2D eigenvalue weighted by Crippen LogP contribution is -2.55. The molecule has 1 amide bonds. The number of anilines is 1. The van der Waals surface area contributed by atoms with Crippen molar-refractivity contribution in [3.63, 3.8) is 0 Å². The Balaban J connectivity index is 1.40. The smallest absolute Gasteiger partial charge is 0.319 e. The Morgan fingerprint density at radius 1 is 1.19 bits per heavy atom. The number of aromatic nitrogens is 2. The maximum atomic E-state index is 14.3. The van der Waals surface area contributed by atoms with Crippen LogP contribution in [0.25, 0.3) is 32.1 Å². The molecule has 2 atom stereocenters. The molecule has 2 saturated heterocycles. The summed E-state index contributed by atoms with van der Waals surface area (Å²) in [4.78, 5) is 27.7. The van der Waals surface area contributed by atoms with Crippen LogP contribution in [-0.4, -0.2) is 77.6 Å². The lowest BCUT2D eigenvalue weighted by molar-refractivity contribution is -0.131. The van der Waals surface area contributed by atoms with Gasteiger partial charge in [0.1, 0.15) is 18.2 Å². The Morgan fingerprint density at radius 2 is 2.05 bits per heavy atom. The van der Waals surface area contributed by atoms with E-state index in [-0.39, 0.29) is 30.8 Å². The first kappa shape index (κ1) is 28.0. The van der Waals surface area contributed by atoms with Gasteiger partial charge in [-0.3, -0.25) is 4.79 Å². The van der Waals surface area contributed by atoms with E-state index in [1.807, 2.05) is 35.2 Å². The molecule has 0 aliphatic carbocycles. The lowest BCUT2D eigenvalue weighted by atomic mass is 10.0. The second kappa shape index (κ2) is 11.6. The number of fused-ring (bicyclic) bond motifs is 2. The van der Waals surface area contributed by atoms with E-state index in [0.29, 0.717) is 36.4 Å². The highest BCUT2D eigenvalue weighted by Gasteiger charge is 2.33. The number of carbonyl (C=O) groups excluding carboxylic acids is 1. The van der Waals surface area contributed by atoms with Gasteiger partial charge in [0.15, 0.2) is 5.83 Å². The molecule has 42 heavy (non-hydrogen) atoms.